The predicted octanol–water partition coefficient (Wildman–Crippen LogP) is 1.63. The van der Waals surface area contributed by atoms with E-state index in [9.17, 15) is 10.2 Å². The molecular formula is C28H46N6O12. The van der Waals surface area contributed by atoms with E-state index in [1.54, 1.807) is 12.1 Å². The quantitative estimate of drug-likeness (QED) is 0.0541. The van der Waals surface area contributed by atoms with Crippen LogP contribution in [0.2, 0.25) is 0 Å². The predicted molar refractivity (Wildman–Crippen MR) is 161 cm³/mol. The molecule has 1 aliphatic rings. The van der Waals surface area contributed by atoms with Gasteiger partial charge in [0.05, 0.1) is 99.1 Å². The largest absolute Gasteiger partial charge is 0.462 e. The fourth-order valence-electron chi connectivity index (χ4n) is 4.01. The number of azide groups is 2. The van der Waals surface area contributed by atoms with Gasteiger partial charge in [0.25, 0.3) is 0 Å². The van der Waals surface area contributed by atoms with Crippen molar-refractivity contribution in [3.63, 3.8) is 0 Å². The molecule has 0 amide bonds. The van der Waals surface area contributed by atoms with Gasteiger partial charge < -0.3 is 57.6 Å². The van der Waals surface area contributed by atoms with Crippen LogP contribution in [-0.4, -0.2) is 153 Å². The van der Waals surface area contributed by atoms with Crippen molar-refractivity contribution < 1.29 is 57.6 Å². The first-order valence-electron chi connectivity index (χ1n) is 15.1. The monoisotopic (exact) mass is 658 g/mol. The molecule has 0 spiro atoms. The fraction of sp³-hybridized carbons (Fsp3) is 0.786. The number of hydrogen-bond acceptors (Lipinski definition) is 14. The number of para-hydroxylation sites is 1. The van der Waals surface area contributed by atoms with Crippen LogP contribution in [0.4, 0.5) is 0 Å². The zero-order chi connectivity index (χ0) is 32.9. The van der Waals surface area contributed by atoms with Gasteiger partial charge in [0.1, 0.15) is 30.2 Å². The third kappa shape index (κ3) is 17.8. The first-order valence-corrected chi connectivity index (χ1v) is 15.1. The second-order valence-corrected chi connectivity index (χ2v) is 9.40. The van der Waals surface area contributed by atoms with Crippen LogP contribution < -0.4 is 4.74 Å². The van der Waals surface area contributed by atoms with Crippen molar-refractivity contribution in [2.75, 3.05) is 112 Å². The van der Waals surface area contributed by atoms with E-state index in [-0.39, 0.29) is 39.5 Å². The Labute approximate surface area is 267 Å². The lowest BCUT2D eigenvalue weighted by atomic mass is 9.98. The van der Waals surface area contributed by atoms with Crippen molar-refractivity contribution in [1.29, 1.82) is 0 Å². The van der Waals surface area contributed by atoms with Crippen LogP contribution >= 0.6 is 0 Å². The summed E-state index contributed by atoms with van der Waals surface area (Å²) < 4.78 is 56.5. The summed E-state index contributed by atoms with van der Waals surface area (Å²) >= 11 is 0. The van der Waals surface area contributed by atoms with E-state index in [1.165, 1.54) is 0 Å². The molecule has 0 bridgehead atoms. The van der Waals surface area contributed by atoms with Crippen LogP contribution in [0.5, 0.6) is 5.75 Å². The zero-order valence-electron chi connectivity index (χ0n) is 26.0. The number of nitrogens with zero attached hydrogens (tertiary/aromatic N) is 6. The van der Waals surface area contributed by atoms with Gasteiger partial charge in [-0.3, -0.25) is 0 Å². The van der Waals surface area contributed by atoms with E-state index in [1.807, 2.05) is 18.2 Å². The van der Waals surface area contributed by atoms with Gasteiger partial charge in [0.15, 0.2) is 0 Å². The van der Waals surface area contributed by atoms with E-state index in [0.29, 0.717) is 71.8 Å². The molecule has 1 aliphatic heterocycles. The molecule has 2 rings (SSSR count). The molecular weight excluding hydrogens is 612 g/mol. The van der Waals surface area contributed by atoms with Gasteiger partial charge in [-0.2, -0.15) is 0 Å². The van der Waals surface area contributed by atoms with E-state index < -0.39 is 37.3 Å². The molecule has 0 aromatic heterocycles. The van der Waals surface area contributed by atoms with Gasteiger partial charge in [0, 0.05) is 22.9 Å². The molecule has 1 saturated heterocycles. The number of aliphatic hydroxyl groups excluding tert-OH is 2. The average molecular weight is 659 g/mol. The van der Waals surface area contributed by atoms with Crippen LogP contribution in [0.3, 0.4) is 0 Å². The lowest BCUT2D eigenvalue weighted by Gasteiger charge is -2.43. The molecule has 1 aromatic carbocycles. The highest BCUT2D eigenvalue weighted by molar-refractivity contribution is 5.21. The minimum Gasteiger partial charge on any atom is -0.462 e. The van der Waals surface area contributed by atoms with E-state index in [4.69, 9.17) is 58.4 Å². The molecule has 1 fully saturated rings. The number of aliphatic hydroxyl groups is 2. The lowest BCUT2D eigenvalue weighted by molar-refractivity contribution is -0.297. The Bertz CT molecular complexity index is 974. The van der Waals surface area contributed by atoms with Crippen LogP contribution in [-0.2, 0) is 42.6 Å². The van der Waals surface area contributed by atoms with Crippen molar-refractivity contribution in [1.82, 2.24) is 0 Å². The molecule has 260 valence electrons. The maximum atomic E-state index is 11.0. The second-order valence-electron chi connectivity index (χ2n) is 9.40. The minimum absolute atomic E-state index is 0.128. The van der Waals surface area contributed by atoms with Crippen molar-refractivity contribution in [2.45, 2.75) is 30.7 Å². The van der Waals surface area contributed by atoms with Crippen LogP contribution in [0.1, 0.15) is 0 Å². The Balaban J connectivity index is 1.76. The highest BCUT2D eigenvalue weighted by Crippen LogP contribution is 2.28. The van der Waals surface area contributed by atoms with E-state index in [0.717, 1.165) is 0 Å². The van der Waals surface area contributed by atoms with Crippen LogP contribution in [0, 0.1) is 0 Å². The number of hydrogen-bond donors (Lipinski definition) is 2. The third-order valence-electron chi connectivity index (χ3n) is 6.16. The van der Waals surface area contributed by atoms with E-state index >= 15 is 0 Å². The van der Waals surface area contributed by atoms with Gasteiger partial charge in [-0.05, 0) is 23.2 Å². The zero-order valence-corrected chi connectivity index (χ0v) is 26.0. The molecule has 0 radical (unpaired) electrons. The summed E-state index contributed by atoms with van der Waals surface area (Å²) in [6.07, 6.45) is -4.90. The normalized spacial score (nSPS) is 21.0. The molecule has 18 heteroatoms. The molecule has 18 nitrogen and oxygen atoms in total. The molecule has 0 unspecified atom stereocenters. The molecule has 2 N–H and O–H groups in total. The maximum Gasteiger partial charge on any atom is 0.229 e. The summed E-state index contributed by atoms with van der Waals surface area (Å²) in [6.45, 7) is 4.35. The average Bonchev–Trinajstić information content (AvgIpc) is 3.07. The van der Waals surface area contributed by atoms with Crippen LogP contribution in [0.25, 0.3) is 20.9 Å². The molecule has 5 atom stereocenters. The minimum atomic E-state index is -1.20. The third-order valence-corrected chi connectivity index (χ3v) is 6.16. The Morgan fingerprint density at radius 1 is 0.630 bits per heavy atom. The number of rotatable bonds is 29. The van der Waals surface area contributed by atoms with Crippen molar-refractivity contribution in [3.8, 4) is 5.75 Å². The molecule has 1 aromatic rings. The second kappa shape index (κ2) is 27.3. The van der Waals surface area contributed by atoms with Gasteiger partial charge >= 0.3 is 0 Å². The first-order chi connectivity index (χ1) is 22.7. The Kier molecular flexibility index (Phi) is 23.4. The SMILES string of the molecule is [N-]=[N+]=NCCOCCOCCOCCO[C@H]1[C@H](Oc2ccccc2)O[C@H](CO)[C@@H](O)[C@@H]1OCCOCCOCCOCCN=[N+]=[N-]. The Morgan fingerprint density at radius 3 is 1.52 bits per heavy atom. The summed E-state index contributed by atoms with van der Waals surface area (Å²) in [5.41, 5.74) is 16.4. The number of ether oxygens (including phenoxy) is 10. The fourth-order valence-corrected chi connectivity index (χ4v) is 4.01. The highest BCUT2D eigenvalue weighted by atomic mass is 16.7. The molecule has 0 aliphatic carbocycles. The van der Waals surface area contributed by atoms with Crippen molar-refractivity contribution in [3.05, 3.63) is 51.2 Å². The first kappa shape index (κ1) is 39.4. The highest BCUT2D eigenvalue weighted by Gasteiger charge is 2.48. The topological polar surface area (TPSA) is 230 Å². The van der Waals surface area contributed by atoms with Crippen molar-refractivity contribution in [2.24, 2.45) is 10.2 Å². The molecule has 1 heterocycles. The smallest absolute Gasteiger partial charge is 0.229 e. The Morgan fingerprint density at radius 2 is 1.07 bits per heavy atom. The van der Waals surface area contributed by atoms with Crippen LogP contribution in [0.15, 0.2) is 40.6 Å². The van der Waals surface area contributed by atoms with Gasteiger partial charge in [-0.25, -0.2) is 0 Å². The van der Waals surface area contributed by atoms with Gasteiger partial charge in [-0.1, -0.05) is 28.4 Å². The molecule has 0 saturated carbocycles. The number of benzene rings is 1. The summed E-state index contributed by atoms with van der Waals surface area (Å²) in [5, 5.41) is 27.6. The Hall–Kier alpha value is -2.80. The van der Waals surface area contributed by atoms with Gasteiger partial charge in [-0.15, -0.1) is 0 Å². The summed E-state index contributed by atoms with van der Waals surface area (Å²) in [6, 6.07) is 8.99. The maximum absolute atomic E-state index is 11.0. The van der Waals surface area contributed by atoms with Gasteiger partial charge in [0.2, 0.25) is 6.29 Å². The standard InChI is InChI=1S/C28H46N6O12/c29-33-31-6-8-37-10-12-39-14-16-41-18-20-43-26-25(36)24(22-35)46-28(45-23-4-2-1-3-5-23)27(26)44-21-19-42-17-15-40-13-11-38-9-7-32-34-30/h1-5,24-28,35-36H,6-22H2/t24-,25-,26+,27-,28-/m1/s1. The van der Waals surface area contributed by atoms with Crippen molar-refractivity contribution >= 4 is 0 Å². The summed E-state index contributed by atoms with van der Waals surface area (Å²) in [5.74, 6) is 0.521. The summed E-state index contributed by atoms with van der Waals surface area (Å²) in [7, 11) is 0. The van der Waals surface area contributed by atoms with E-state index in [2.05, 4.69) is 20.1 Å². The summed E-state index contributed by atoms with van der Waals surface area (Å²) in [4.78, 5) is 5.30. The molecule has 46 heavy (non-hydrogen) atoms. The lowest BCUT2D eigenvalue weighted by Crippen LogP contribution is -2.62.